The minimum absolute atomic E-state index is 0.124. The van der Waals surface area contributed by atoms with Crippen LogP contribution in [0.1, 0.15) is 59.5 Å². The molecule has 0 amide bonds. The second-order valence-corrected chi connectivity index (χ2v) is 7.96. The number of piperidine rings is 1. The number of hydrogen-bond donors (Lipinski definition) is 1. The number of nitrogens with zero attached hydrogens (tertiary/aromatic N) is 1. The van der Waals surface area contributed by atoms with E-state index >= 15 is 0 Å². The van der Waals surface area contributed by atoms with E-state index in [1.54, 1.807) is 0 Å². The first kappa shape index (κ1) is 16.6. The zero-order chi connectivity index (χ0) is 15.6. The molecule has 1 aromatic heterocycles. The van der Waals surface area contributed by atoms with Crippen LogP contribution in [-0.4, -0.2) is 23.0 Å². The summed E-state index contributed by atoms with van der Waals surface area (Å²) in [6.45, 7) is 16.5. The first-order valence-corrected chi connectivity index (χ1v) is 8.31. The Kier molecular flexibility index (Phi) is 5.15. The lowest BCUT2D eigenvalue weighted by molar-refractivity contribution is 0.0664. The maximum absolute atomic E-state index is 6.00. The topological polar surface area (TPSA) is 28.4 Å². The first-order chi connectivity index (χ1) is 9.74. The summed E-state index contributed by atoms with van der Waals surface area (Å²) in [7, 11) is 0. The summed E-state index contributed by atoms with van der Waals surface area (Å²) >= 11 is 0. The Balaban J connectivity index is 1.92. The predicted molar refractivity (Wildman–Crippen MR) is 88.1 cm³/mol. The predicted octanol–water partition coefficient (Wildman–Crippen LogP) is 4.03. The van der Waals surface area contributed by atoms with Gasteiger partial charge in [-0.2, -0.15) is 0 Å². The van der Waals surface area contributed by atoms with Crippen molar-refractivity contribution in [2.45, 2.75) is 72.6 Å². The highest BCUT2D eigenvalue weighted by Gasteiger charge is 2.29. The van der Waals surface area contributed by atoms with Crippen LogP contribution in [0.2, 0.25) is 0 Å². The van der Waals surface area contributed by atoms with Gasteiger partial charge < -0.3 is 9.73 Å². The number of furan rings is 1. The second-order valence-electron chi connectivity index (χ2n) is 7.96. The molecule has 1 N–H and O–H groups in total. The van der Waals surface area contributed by atoms with Crippen LogP contribution in [0, 0.1) is 11.8 Å². The SMILES string of the molecule is CC1CC(C)C(C)N(Cc2ccc(CNC(C)(C)C)o2)C1. The lowest BCUT2D eigenvalue weighted by Crippen LogP contribution is -2.45. The highest BCUT2D eigenvalue weighted by molar-refractivity contribution is 5.08. The molecule has 1 saturated heterocycles. The Morgan fingerprint density at radius 1 is 1.19 bits per heavy atom. The molecule has 120 valence electrons. The van der Waals surface area contributed by atoms with Gasteiger partial charge in [0, 0.05) is 18.1 Å². The normalized spacial score (nSPS) is 28.0. The van der Waals surface area contributed by atoms with Crippen molar-refractivity contribution in [3.05, 3.63) is 23.7 Å². The number of hydrogen-bond acceptors (Lipinski definition) is 3. The van der Waals surface area contributed by atoms with Crippen LogP contribution in [0.5, 0.6) is 0 Å². The van der Waals surface area contributed by atoms with Crippen molar-refractivity contribution in [3.8, 4) is 0 Å². The molecular weight excluding hydrogens is 260 g/mol. The average molecular weight is 292 g/mol. The van der Waals surface area contributed by atoms with Crippen LogP contribution in [0.4, 0.5) is 0 Å². The molecule has 0 aromatic carbocycles. The van der Waals surface area contributed by atoms with E-state index < -0.39 is 0 Å². The van der Waals surface area contributed by atoms with Gasteiger partial charge in [0.25, 0.3) is 0 Å². The molecule has 0 aliphatic carbocycles. The fourth-order valence-electron chi connectivity index (χ4n) is 3.20. The van der Waals surface area contributed by atoms with Gasteiger partial charge >= 0.3 is 0 Å². The molecule has 3 atom stereocenters. The summed E-state index contributed by atoms with van der Waals surface area (Å²) < 4.78 is 6.00. The van der Waals surface area contributed by atoms with E-state index in [1.165, 1.54) is 13.0 Å². The summed E-state index contributed by atoms with van der Waals surface area (Å²) in [5.41, 5.74) is 0.124. The minimum atomic E-state index is 0.124. The highest BCUT2D eigenvalue weighted by atomic mass is 16.3. The molecular formula is C18H32N2O. The van der Waals surface area contributed by atoms with Crippen molar-refractivity contribution in [2.24, 2.45) is 11.8 Å². The van der Waals surface area contributed by atoms with Crippen LogP contribution >= 0.6 is 0 Å². The second kappa shape index (κ2) is 6.53. The largest absolute Gasteiger partial charge is 0.463 e. The molecule has 2 heterocycles. The van der Waals surface area contributed by atoms with E-state index in [0.29, 0.717) is 6.04 Å². The molecule has 1 fully saturated rings. The standard InChI is InChI=1S/C18H32N2O/c1-13-9-14(2)15(3)20(11-13)12-17-8-7-16(21-17)10-19-18(4,5)6/h7-8,13-15,19H,9-12H2,1-6H3. The van der Waals surface area contributed by atoms with Crippen LogP contribution < -0.4 is 5.32 Å². The third kappa shape index (κ3) is 4.86. The van der Waals surface area contributed by atoms with Crippen LogP contribution in [0.25, 0.3) is 0 Å². The number of nitrogens with one attached hydrogen (secondary N) is 1. The van der Waals surface area contributed by atoms with Gasteiger partial charge in [-0.25, -0.2) is 0 Å². The molecule has 3 nitrogen and oxygen atoms in total. The molecule has 0 radical (unpaired) electrons. The van der Waals surface area contributed by atoms with Crippen molar-refractivity contribution in [2.75, 3.05) is 6.54 Å². The Hall–Kier alpha value is -0.800. The van der Waals surface area contributed by atoms with Gasteiger partial charge in [0.15, 0.2) is 0 Å². The Bertz CT molecular complexity index is 446. The first-order valence-electron chi connectivity index (χ1n) is 8.31. The van der Waals surface area contributed by atoms with Crippen molar-refractivity contribution < 1.29 is 4.42 Å². The van der Waals surface area contributed by atoms with E-state index in [4.69, 9.17) is 4.42 Å². The van der Waals surface area contributed by atoms with Gasteiger partial charge in [0.1, 0.15) is 11.5 Å². The highest BCUT2D eigenvalue weighted by Crippen LogP contribution is 2.28. The van der Waals surface area contributed by atoms with E-state index in [1.807, 2.05) is 0 Å². The van der Waals surface area contributed by atoms with Crippen molar-refractivity contribution in [1.82, 2.24) is 10.2 Å². The summed E-state index contributed by atoms with van der Waals surface area (Å²) in [4.78, 5) is 2.57. The maximum Gasteiger partial charge on any atom is 0.118 e. The smallest absolute Gasteiger partial charge is 0.118 e. The van der Waals surface area contributed by atoms with E-state index in [9.17, 15) is 0 Å². The molecule has 3 unspecified atom stereocenters. The Morgan fingerprint density at radius 3 is 2.52 bits per heavy atom. The van der Waals surface area contributed by atoms with E-state index in [0.717, 1.165) is 36.4 Å². The monoisotopic (exact) mass is 292 g/mol. The molecule has 1 aliphatic rings. The summed E-state index contributed by atoms with van der Waals surface area (Å²) in [6.07, 6.45) is 1.34. The zero-order valence-electron chi connectivity index (χ0n) is 14.6. The molecule has 21 heavy (non-hydrogen) atoms. The fraction of sp³-hybridized carbons (Fsp3) is 0.778. The molecule has 3 heteroatoms. The average Bonchev–Trinajstić information content (AvgIpc) is 2.80. The quantitative estimate of drug-likeness (QED) is 0.908. The summed E-state index contributed by atoms with van der Waals surface area (Å²) in [6, 6.07) is 4.88. The van der Waals surface area contributed by atoms with Gasteiger partial charge in [-0.05, 0) is 58.1 Å². The fourth-order valence-corrected chi connectivity index (χ4v) is 3.20. The molecule has 1 aliphatic heterocycles. The Labute approximate surface area is 130 Å². The molecule has 0 spiro atoms. The van der Waals surface area contributed by atoms with Gasteiger partial charge in [0.2, 0.25) is 0 Å². The Morgan fingerprint density at radius 2 is 1.86 bits per heavy atom. The van der Waals surface area contributed by atoms with Crippen LogP contribution in [0.3, 0.4) is 0 Å². The third-order valence-corrected chi connectivity index (χ3v) is 4.59. The molecule has 1 aromatic rings. The van der Waals surface area contributed by atoms with Crippen LogP contribution in [-0.2, 0) is 13.1 Å². The summed E-state index contributed by atoms with van der Waals surface area (Å²) in [5.74, 6) is 3.68. The van der Waals surface area contributed by atoms with E-state index in [-0.39, 0.29) is 5.54 Å². The van der Waals surface area contributed by atoms with Crippen LogP contribution in [0.15, 0.2) is 16.5 Å². The van der Waals surface area contributed by atoms with Gasteiger partial charge in [-0.1, -0.05) is 13.8 Å². The van der Waals surface area contributed by atoms with Gasteiger partial charge in [-0.3, -0.25) is 4.90 Å². The number of likely N-dealkylation sites (tertiary alicyclic amines) is 1. The van der Waals surface area contributed by atoms with E-state index in [2.05, 4.69) is 63.9 Å². The van der Waals surface area contributed by atoms with Gasteiger partial charge in [0.05, 0.1) is 13.1 Å². The lowest BCUT2D eigenvalue weighted by Gasteiger charge is -2.40. The molecule has 0 bridgehead atoms. The van der Waals surface area contributed by atoms with Crippen molar-refractivity contribution in [1.29, 1.82) is 0 Å². The number of rotatable bonds is 4. The van der Waals surface area contributed by atoms with Gasteiger partial charge in [-0.15, -0.1) is 0 Å². The lowest BCUT2D eigenvalue weighted by atomic mass is 9.86. The maximum atomic E-state index is 6.00. The third-order valence-electron chi connectivity index (χ3n) is 4.59. The zero-order valence-corrected chi connectivity index (χ0v) is 14.6. The minimum Gasteiger partial charge on any atom is -0.463 e. The summed E-state index contributed by atoms with van der Waals surface area (Å²) in [5, 5.41) is 3.47. The molecule has 0 saturated carbocycles. The van der Waals surface area contributed by atoms with Crippen molar-refractivity contribution >= 4 is 0 Å². The van der Waals surface area contributed by atoms with Crippen molar-refractivity contribution in [3.63, 3.8) is 0 Å². The molecule has 2 rings (SSSR count).